The smallest absolute Gasteiger partial charge is 0.334 e. The molecule has 5 nitrogen and oxygen atoms in total. The van der Waals surface area contributed by atoms with Gasteiger partial charge in [-0.15, -0.1) is 0 Å². The van der Waals surface area contributed by atoms with Crippen LogP contribution in [0, 0.1) is 17.3 Å². The summed E-state index contributed by atoms with van der Waals surface area (Å²) in [5, 5.41) is 10.7. The van der Waals surface area contributed by atoms with E-state index in [1.807, 2.05) is 19.9 Å². The van der Waals surface area contributed by atoms with Gasteiger partial charge in [0.25, 0.3) is 0 Å². The summed E-state index contributed by atoms with van der Waals surface area (Å²) in [4.78, 5) is 24.5. The molecule has 25 heavy (non-hydrogen) atoms. The number of carbonyl (C=O) groups excluding carboxylic acids is 2. The summed E-state index contributed by atoms with van der Waals surface area (Å²) in [6.07, 6.45) is 3.18. The molecule has 0 amide bonds. The SMILES string of the molecule is C=C1C(=O)O[C@H]2[C@H]1[C@@H](OC(=O)/C(C)=C\C)C[C@@]1(C)[C@H](O)CC=C(C)[C@H]21. The minimum Gasteiger partial charge on any atom is -0.458 e. The van der Waals surface area contributed by atoms with Crippen LogP contribution in [0.2, 0.25) is 0 Å². The topological polar surface area (TPSA) is 72.8 Å². The quantitative estimate of drug-likeness (QED) is 0.473. The largest absolute Gasteiger partial charge is 0.458 e. The van der Waals surface area contributed by atoms with Gasteiger partial charge in [-0.2, -0.15) is 0 Å². The van der Waals surface area contributed by atoms with E-state index in [1.54, 1.807) is 19.9 Å². The number of ether oxygens (including phenoxy) is 2. The molecule has 0 aromatic rings. The van der Waals surface area contributed by atoms with E-state index in [0.29, 0.717) is 24.0 Å². The lowest BCUT2D eigenvalue weighted by Crippen LogP contribution is -2.57. The first kappa shape index (κ1) is 17.9. The number of esters is 2. The van der Waals surface area contributed by atoms with Crippen LogP contribution in [0.25, 0.3) is 0 Å². The van der Waals surface area contributed by atoms with Crippen molar-refractivity contribution >= 4 is 11.9 Å². The van der Waals surface area contributed by atoms with E-state index in [4.69, 9.17) is 9.47 Å². The molecule has 0 unspecified atom stereocenters. The lowest BCUT2D eigenvalue weighted by Gasteiger charge is -2.53. The third-order valence-electron chi connectivity index (χ3n) is 6.27. The lowest BCUT2D eigenvalue weighted by atomic mass is 9.54. The summed E-state index contributed by atoms with van der Waals surface area (Å²) < 4.78 is 11.4. The number of aliphatic hydroxyl groups is 1. The zero-order valence-electron chi connectivity index (χ0n) is 15.2. The molecule has 1 N–H and O–H groups in total. The molecule has 6 atom stereocenters. The Hall–Kier alpha value is -1.88. The van der Waals surface area contributed by atoms with Gasteiger partial charge in [-0.1, -0.05) is 31.2 Å². The Kier molecular flexibility index (Phi) is 4.40. The zero-order valence-corrected chi connectivity index (χ0v) is 15.2. The summed E-state index contributed by atoms with van der Waals surface area (Å²) in [6, 6.07) is 0. The van der Waals surface area contributed by atoms with Crippen LogP contribution in [0.15, 0.2) is 35.5 Å². The van der Waals surface area contributed by atoms with Gasteiger partial charge >= 0.3 is 11.9 Å². The van der Waals surface area contributed by atoms with Crippen molar-refractivity contribution in [2.45, 2.75) is 58.8 Å². The van der Waals surface area contributed by atoms with Gasteiger partial charge in [-0.3, -0.25) is 0 Å². The number of rotatable bonds is 2. The normalized spacial score (nSPS) is 40.8. The second kappa shape index (κ2) is 6.13. The maximum atomic E-state index is 12.3. The first-order chi connectivity index (χ1) is 11.7. The Morgan fingerprint density at radius 2 is 2.20 bits per heavy atom. The van der Waals surface area contributed by atoms with Gasteiger partial charge in [0.2, 0.25) is 0 Å². The Bertz CT molecular complexity index is 688. The molecule has 0 radical (unpaired) electrons. The van der Waals surface area contributed by atoms with Gasteiger partial charge in [0, 0.05) is 22.5 Å². The highest BCUT2D eigenvalue weighted by Crippen LogP contribution is 2.56. The summed E-state index contributed by atoms with van der Waals surface area (Å²) in [6.45, 7) is 11.4. The van der Waals surface area contributed by atoms with Crippen molar-refractivity contribution in [3.63, 3.8) is 0 Å². The van der Waals surface area contributed by atoms with Crippen molar-refractivity contribution < 1.29 is 24.2 Å². The second-order valence-corrected chi connectivity index (χ2v) is 7.72. The summed E-state index contributed by atoms with van der Waals surface area (Å²) in [7, 11) is 0. The van der Waals surface area contributed by atoms with Crippen LogP contribution in [0.4, 0.5) is 0 Å². The zero-order chi connectivity index (χ0) is 18.5. The fourth-order valence-electron chi connectivity index (χ4n) is 4.66. The molecule has 3 rings (SSSR count). The van der Waals surface area contributed by atoms with Crippen LogP contribution in [0.5, 0.6) is 0 Å². The molecule has 0 bridgehead atoms. The third-order valence-corrected chi connectivity index (χ3v) is 6.27. The number of aliphatic hydroxyl groups excluding tert-OH is 1. The van der Waals surface area contributed by atoms with Gasteiger partial charge in [0.15, 0.2) is 0 Å². The van der Waals surface area contributed by atoms with Crippen molar-refractivity contribution in [2.24, 2.45) is 17.3 Å². The summed E-state index contributed by atoms with van der Waals surface area (Å²) in [5.41, 5.74) is 1.47. The molecular weight excluding hydrogens is 320 g/mol. The van der Waals surface area contributed by atoms with Gasteiger partial charge in [0.05, 0.1) is 12.0 Å². The van der Waals surface area contributed by atoms with Crippen LogP contribution in [-0.2, 0) is 19.1 Å². The number of hydrogen-bond acceptors (Lipinski definition) is 5. The van der Waals surface area contributed by atoms with Crippen LogP contribution in [0.3, 0.4) is 0 Å². The molecule has 1 aliphatic heterocycles. The third kappa shape index (κ3) is 2.65. The molecule has 0 spiro atoms. The molecule has 3 aliphatic rings. The maximum absolute atomic E-state index is 12.3. The van der Waals surface area contributed by atoms with Crippen LogP contribution in [0.1, 0.15) is 40.5 Å². The lowest BCUT2D eigenvalue weighted by molar-refractivity contribution is -0.172. The molecule has 1 heterocycles. The molecule has 5 heteroatoms. The van der Waals surface area contributed by atoms with E-state index in [1.165, 1.54) is 0 Å². The molecule has 1 saturated heterocycles. The Morgan fingerprint density at radius 3 is 2.84 bits per heavy atom. The minimum absolute atomic E-state index is 0.0952. The number of allylic oxidation sites excluding steroid dienone is 1. The summed E-state index contributed by atoms with van der Waals surface area (Å²) >= 11 is 0. The first-order valence-electron chi connectivity index (χ1n) is 8.79. The van der Waals surface area contributed by atoms with Crippen molar-refractivity contribution in [2.75, 3.05) is 0 Å². The number of hydrogen-bond donors (Lipinski definition) is 1. The average molecular weight is 346 g/mol. The highest BCUT2D eigenvalue weighted by molar-refractivity contribution is 5.92. The van der Waals surface area contributed by atoms with Gasteiger partial charge in [-0.25, -0.2) is 9.59 Å². The second-order valence-electron chi connectivity index (χ2n) is 7.72. The van der Waals surface area contributed by atoms with Crippen molar-refractivity contribution in [1.29, 1.82) is 0 Å². The molecule has 0 aromatic carbocycles. The number of fused-ring (bicyclic) bond motifs is 3. The Labute approximate surface area is 148 Å². The van der Waals surface area contributed by atoms with Crippen LogP contribution < -0.4 is 0 Å². The standard InChI is InChI=1S/C20H26O5/c1-6-10(2)18(22)24-13-9-20(5)14(21)8-7-11(3)16(20)17-15(13)12(4)19(23)25-17/h6-7,13-17,21H,4,8-9H2,1-3,5H3/b10-6-/t13-,14+,15+,16+,17-,20-/m0/s1. The van der Waals surface area contributed by atoms with E-state index < -0.39 is 35.7 Å². The fraction of sp³-hybridized carbons (Fsp3) is 0.600. The molecule has 2 fully saturated rings. The first-order valence-corrected chi connectivity index (χ1v) is 8.79. The van der Waals surface area contributed by atoms with Gasteiger partial charge in [-0.05, 0) is 33.6 Å². The highest BCUT2D eigenvalue weighted by atomic mass is 16.6. The highest BCUT2D eigenvalue weighted by Gasteiger charge is 2.61. The van der Waals surface area contributed by atoms with Crippen LogP contribution in [-0.4, -0.2) is 35.4 Å². The van der Waals surface area contributed by atoms with E-state index >= 15 is 0 Å². The van der Waals surface area contributed by atoms with Crippen molar-refractivity contribution in [3.05, 3.63) is 35.5 Å². The van der Waals surface area contributed by atoms with Gasteiger partial charge < -0.3 is 14.6 Å². The van der Waals surface area contributed by atoms with Crippen molar-refractivity contribution in [1.82, 2.24) is 0 Å². The van der Waals surface area contributed by atoms with E-state index in [2.05, 4.69) is 6.58 Å². The van der Waals surface area contributed by atoms with Gasteiger partial charge in [0.1, 0.15) is 12.2 Å². The van der Waals surface area contributed by atoms with Crippen molar-refractivity contribution in [3.8, 4) is 0 Å². The maximum Gasteiger partial charge on any atom is 0.334 e. The van der Waals surface area contributed by atoms with E-state index in [9.17, 15) is 14.7 Å². The molecule has 1 saturated carbocycles. The van der Waals surface area contributed by atoms with E-state index in [0.717, 1.165) is 5.57 Å². The average Bonchev–Trinajstić information content (AvgIpc) is 2.85. The number of carbonyl (C=O) groups is 2. The van der Waals surface area contributed by atoms with E-state index in [-0.39, 0.29) is 11.8 Å². The fourth-order valence-corrected chi connectivity index (χ4v) is 4.66. The van der Waals surface area contributed by atoms with Crippen LogP contribution >= 0.6 is 0 Å². The molecule has 2 aliphatic carbocycles. The molecule has 0 aromatic heterocycles. The predicted molar refractivity (Wildman–Crippen MR) is 92.4 cm³/mol. The Balaban J connectivity index is 2.00. The predicted octanol–water partition coefficient (Wildman–Crippen LogP) is 2.70. The Morgan fingerprint density at radius 1 is 1.52 bits per heavy atom. The summed E-state index contributed by atoms with van der Waals surface area (Å²) in [5.74, 6) is -1.30. The molecule has 136 valence electrons. The monoisotopic (exact) mass is 346 g/mol. The molecular formula is C20H26O5. The minimum atomic E-state index is -0.571.